The summed E-state index contributed by atoms with van der Waals surface area (Å²) in [5.74, 6) is 0.393. The molecule has 2 atom stereocenters. The molecule has 0 aromatic carbocycles. The maximum Gasteiger partial charge on any atom is 0.257 e. The van der Waals surface area contributed by atoms with Crippen molar-refractivity contribution in [2.75, 3.05) is 26.2 Å². The van der Waals surface area contributed by atoms with E-state index in [9.17, 15) is 9.59 Å². The molecule has 32 heavy (non-hydrogen) atoms. The molecule has 1 aliphatic carbocycles. The number of carbonyl (C=O) groups is 2. The zero-order valence-corrected chi connectivity index (χ0v) is 19.9. The van der Waals surface area contributed by atoms with E-state index in [1.807, 2.05) is 48.2 Å². The zero-order chi connectivity index (χ0) is 22.2. The molecule has 2 saturated heterocycles. The van der Waals surface area contributed by atoms with E-state index in [0.29, 0.717) is 26.2 Å². The highest BCUT2D eigenvalue weighted by Gasteiger charge is 2.35. The molecule has 0 N–H and O–H groups in total. The second kappa shape index (κ2) is 9.02. The lowest BCUT2D eigenvalue weighted by molar-refractivity contribution is -0.148. The summed E-state index contributed by atoms with van der Waals surface area (Å²) in [6, 6.07) is 4.02. The number of amides is 2. The SMILES string of the molecule is CC1CN(C(=O)C2CCN(C(=O)c3c(-n4cccc4)sc4c3CCCC4)CC2)CC(C)O1. The molecule has 6 nitrogen and oxygen atoms in total. The monoisotopic (exact) mass is 455 g/mol. The van der Waals surface area contributed by atoms with E-state index in [2.05, 4.69) is 4.57 Å². The van der Waals surface area contributed by atoms with Crippen molar-refractivity contribution in [3.8, 4) is 5.00 Å². The summed E-state index contributed by atoms with van der Waals surface area (Å²) in [7, 11) is 0. The predicted octanol–water partition coefficient (Wildman–Crippen LogP) is 3.91. The summed E-state index contributed by atoms with van der Waals surface area (Å²) >= 11 is 1.78. The van der Waals surface area contributed by atoms with Gasteiger partial charge in [-0.3, -0.25) is 9.59 Å². The first kappa shape index (κ1) is 21.7. The third-order valence-electron chi connectivity index (χ3n) is 7.07. The van der Waals surface area contributed by atoms with Crippen LogP contribution in [-0.4, -0.2) is 64.6 Å². The van der Waals surface area contributed by atoms with E-state index in [0.717, 1.165) is 42.7 Å². The van der Waals surface area contributed by atoms with Gasteiger partial charge in [0.05, 0.1) is 17.8 Å². The molecule has 2 unspecified atom stereocenters. The van der Waals surface area contributed by atoms with Crippen molar-refractivity contribution < 1.29 is 14.3 Å². The Bertz CT molecular complexity index is 965. The van der Waals surface area contributed by atoms with Crippen LogP contribution in [0.15, 0.2) is 24.5 Å². The lowest BCUT2D eigenvalue weighted by Gasteiger charge is -2.39. The van der Waals surface area contributed by atoms with Crippen LogP contribution >= 0.6 is 11.3 Å². The van der Waals surface area contributed by atoms with Gasteiger partial charge in [-0.1, -0.05) is 0 Å². The van der Waals surface area contributed by atoms with E-state index in [1.165, 1.54) is 16.9 Å². The van der Waals surface area contributed by atoms with Gasteiger partial charge in [0.15, 0.2) is 0 Å². The molecule has 3 aliphatic rings. The van der Waals surface area contributed by atoms with Crippen LogP contribution in [0.1, 0.15) is 60.3 Å². The molecule has 2 fully saturated rings. The number of piperidine rings is 1. The molecule has 2 amide bonds. The first-order valence-electron chi connectivity index (χ1n) is 12.0. The van der Waals surface area contributed by atoms with Gasteiger partial charge in [0, 0.05) is 49.4 Å². The topological polar surface area (TPSA) is 54.8 Å². The van der Waals surface area contributed by atoms with Crippen LogP contribution in [0, 0.1) is 5.92 Å². The van der Waals surface area contributed by atoms with Crippen molar-refractivity contribution in [3.05, 3.63) is 40.5 Å². The molecule has 0 bridgehead atoms. The average molecular weight is 456 g/mol. The lowest BCUT2D eigenvalue weighted by atomic mass is 9.92. The third kappa shape index (κ3) is 4.13. The lowest BCUT2D eigenvalue weighted by Crippen LogP contribution is -2.51. The van der Waals surface area contributed by atoms with Gasteiger partial charge in [0.1, 0.15) is 5.00 Å². The van der Waals surface area contributed by atoms with Crippen molar-refractivity contribution in [1.29, 1.82) is 0 Å². The van der Waals surface area contributed by atoms with Crippen molar-refractivity contribution in [2.24, 2.45) is 5.92 Å². The average Bonchev–Trinajstić information content (AvgIpc) is 3.45. The summed E-state index contributed by atoms with van der Waals surface area (Å²) in [6.45, 7) is 6.70. The molecule has 7 heteroatoms. The minimum absolute atomic E-state index is 0.0110. The maximum absolute atomic E-state index is 13.7. The normalized spacial score (nSPS) is 24.4. The fraction of sp³-hybridized carbons (Fsp3) is 0.600. The molecule has 0 spiro atoms. The van der Waals surface area contributed by atoms with Crippen LogP contribution in [0.3, 0.4) is 0 Å². The van der Waals surface area contributed by atoms with Crippen LogP contribution in [0.25, 0.3) is 5.00 Å². The van der Waals surface area contributed by atoms with Crippen molar-refractivity contribution >= 4 is 23.2 Å². The summed E-state index contributed by atoms with van der Waals surface area (Å²) in [6.07, 6.45) is 10.2. The molecule has 172 valence electrons. The number of aryl methyl sites for hydroxylation is 1. The molecule has 4 heterocycles. The molecular formula is C25H33N3O3S. The Kier molecular flexibility index (Phi) is 6.12. The Morgan fingerprint density at radius 1 is 0.969 bits per heavy atom. The van der Waals surface area contributed by atoms with Crippen LogP contribution < -0.4 is 0 Å². The number of thiophene rings is 1. The van der Waals surface area contributed by atoms with E-state index in [-0.39, 0.29) is 29.9 Å². The Morgan fingerprint density at radius 2 is 1.62 bits per heavy atom. The smallest absolute Gasteiger partial charge is 0.257 e. The van der Waals surface area contributed by atoms with E-state index < -0.39 is 0 Å². The Hall–Kier alpha value is -2.12. The fourth-order valence-corrected chi connectivity index (χ4v) is 6.87. The van der Waals surface area contributed by atoms with Gasteiger partial charge in [0.2, 0.25) is 5.91 Å². The number of nitrogens with zero attached hydrogens (tertiary/aromatic N) is 3. The number of carbonyl (C=O) groups excluding carboxylic acids is 2. The first-order chi connectivity index (χ1) is 15.5. The second-order valence-electron chi connectivity index (χ2n) is 9.55. The number of hydrogen-bond donors (Lipinski definition) is 0. The highest BCUT2D eigenvalue weighted by atomic mass is 32.1. The largest absolute Gasteiger partial charge is 0.372 e. The predicted molar refractivity (Wildman–Crippen MR) is 126 cm³/mol. The number of morpholine rings is 1. The highest BCUT2D eigenvalue weighted by molar-refractivity contribution is 7.15. The van der Waals surface area contributed by atoms with Crippen molar-refractivity contribution in [1.82, 2.24) is 14.4 Å². The van der Waals surface area contributed by atoms with Crippen molar-refractivity contribution in [2.45, 2.75) is 64.6 Å². The van der Waals surface area contributed by atoms with E-state index in [1.54, 1.807) is 11.3 Å². The number of aromatic nitrogens is 1. The molecule has 2 aromatic heterocycles. The maximum atomic E-state index is 13.7. The summed E-state index contributed by atoms with van der Waals surface area (Å²) in [4.78, 5) is 32.2. The first-order valence-corrected chi connectivity index (χ1v) is 12.8. The van der Waals surface area contributed by atoms with E-state index in [4.69, 9.17) is 4.74 Å². The molecule has 2 aliphatic heterocycles. The molecular weight excluding hydrogens is 422 g/mol. The van der Waals surface area contributed by atoms with Gasteiger partial charge < -0.3 is 19.1 Å². The molecule has 5 rings (SSSR count). The molecule has 2 aromatic rings. The van der Waals surface area contributed by atoms with Gasteiger partial charge in [-0.2, -0.15) is 0 Å². The van der Waals surface area contributed by atoms with Crippen LogP contribution in [-0.2, 0) is 22.4 Å². The summed E-state index contributed by atoms with van der Waals surface area (Å²) in [5.41, 5.74) is 2.17. The quantitative estimate of drug-likeness (QED) is 0.705. The van der Waals surface area contributed by atoms with E-state index >= 15 is 0 Å². The summed E-state index contributed by atoms with van der Waals surface area (Å²) in [5, 5.41) is 1.06. The van der Waals surface area contributed by atoms with Gasteiger partial charge >= 0.3 is 0 Å². The van der Waals surface area contributed by atoms with Gasteiger partial charge in [-0.05, 0) is 70.1 Å². The van der Waals surface area contributed by atoms with Crippen LogP contribution in [0.2, 0.25) is 0 Å². The molecule has 0 radical (unpaired) electrons. The minimum atomic E-state index is 0.0110. The van der Waals surface area contributed by atoms with Crippen LogP contribution in [0.5, 0.6) is 0 Å². The third-order valence-corrected chi connectivity index (χ3v) is 8.37. The van der Waals surface area contributed by atoms with Gasteiger partial charge in [-0.15, -0.1) is 11.3 Å². The zero-order valence-electron chi connectivity index (χ0n) is 19.1. The highest BCUT2D eigenvalue weighted by Crippen LogP contribution is 2.38. The van der Waals surface area contributed by atoms with Crippen LogP contribution in [0.4, 0.5) is 0 Å². The Labute approximate surface area is 194 Å². The number of hydrogen-bond acceptors (Lipinski definition) is 4. The van der Waals surface area contributed by atoms with Crippen molar-refractivity contribution in [3.63, 3.8) is 0 Å². The van der Waals surface area contributed by atoms with Gasteiger partial charge in [0.25, 0.3) is 5.91 Å². The minimum Gasteiger partial charge on any atom is -0.372 e. The number of ether oxygens (including phenoxy) is 1. The number of fused-ring (bicyclic) bond motifs is 1. The number of rotatable bonds is 3. The van der Waals surface area contributed by atoms with Gasteiger partial charge in [-0.25, -0.2) is 0 Å². The summed E-state index contributed by atoms with van der Waals surface area (Å²) < 4.78 is 7.87. The Morgan fingerprint density at radius 3 is 2.31 bits per heavy atom. The second-order valence-corrected chi connectivity index (χ2v) is 10.6. The number of likely N-dealkylation sites (tertiary alicyclic amines) is 1. The Balaban J connectivity index is 1.30. The molecule has 0 saturated carbocycles. The fourth-order valence-electron chi connectivity index (χ4n) is 5.53. The standard InChI is InChI=1S/C25H33N3O3S/c1-17-15-28(16-18(2)31-17)23(29)19-9-13-26(14-10-19)24(30)22-20-7-3-4-8-21(20)32-25(22)27-11-5-6-12-27/h5-6,11-12,17-19H,3-4,7-10,13-16H2,1-2H3.